The van der Waals surface area contributed by atoms with Gasteiger partial charge in [0.2, 0.25) is 5.75 Å². The molecule has 5 nitrogen and oxygen atoms in total. The van der Waals surface area contributed by atoms with E-state index in [2.05, 4.69) is 20.4 Å². The topological polar surface area (TPSA) is 66.5 Å². The molecule has 1 aromatic heterocycles. The second-order valence-electron chi connectivity index (χ2n) is 7.46. The fourth-order valence-electron chi connectivity index (χ4n) is 3.45. The summed E-state index contributed by atoms with van der Waals surface area (Å²) in [4.78, 5) is 13.3. The van der Waals surface area contributed by atoms with E-state index < -0.39 is 0 Å². The van der Waals surface area contributed by atoms with Gasteiger partial charge in [0.15, 0.2) is 5.75 Å². The number of aromatic nitrogens is 1. The van der Waals surface area contributed by atoms with Crippen LogP contribution in [0.4, 0.5) is 5.69 Å². The third-order valence-corrected chi connectivity index (χ3v) is 5.03. The van der Waals surface area contributed by atoms with Gasteiger partial charge in [0, 0.05) is 17.6 Å². The molecule has 0 aliphatic heterocycles. The zero-order valence-electron chi connectivity index (χ0n) is 18.0. The van der Waals surface area contributed by atoms with Crippen LogP contribution in [0, 0.1) is 0 Å². The Hall–Kier alpha value is -2.43. The molecule has 0 unspecified atom stereocenters. The van der Waals surface area contributed by atoms with Crippen LogP contribution < -0.4 is 20.8 Å². The summed E-state index contributed by atoms with van der Waals surface area (Å²) < 4.78 is 13.7. The lowest BCUT2D eigenvalue weighted by Gasteiger charge is -2.19. The number of benzene rings is 1. The summed E-state index contributed by atoms with van der Waals surface area (Å²) in [6.07, 6.45) is 10.4. The van der Waals surface area contributed by atoms with E-state index in [4.69, 9.17) is 15.2 Å². The summed E-state index contributed by atoms with van der Waals surface area (Å²) in [6, 6.07) is 5.63. The monoisotopic (exact) mass is 400 g/mol. The molecule has 160 valence electrons. The van der Waals surface area contributed by atoms with Gasteiger partial charge < -0.3 is 19.8 Å². The highest BCUT2D eigenvalue weighted by Gasteiger charge is 2.19. The normalized spacial score (nSPS) is 11.0. The summed E-state index contributed by atoms with van der Waals surface area (Å²) in [7, 11) is 0. The van der Waals surface area contributed by atoms with Crippen molar-refractivity contribution in [3.05, 3.63) is 41.2 Å². The molecule has 2 rings (SSSR count). The fourth-order valence-corrected chi connectivity index (χ4v) is 3.45. The smallest absolute Gasteiger partial charge is 0.297 e. The standard InChI is InChI=1S/C24H36N2O3/c1-4-7-9-11-15-26-21-18-19(25)13-14-20(21)22(29-17-12-10-8-5-2)23(24(26)27)28-16-6-3/h6,13-14,18H,3-5,7-12,15-17,25H2,1-2H3. The van der Waals surface area contributed by atoms with E-state index in [1.54, 1.807) is 10.6 Å². The van der Waals surface area contributed by atoms with Crippen LogP contribution in [0.25, 0.3) is 10.9 Å². The van der Waals surface area contributed by atoms with Gasteiger partial charge in [-0.2, -0.15) is 0 Å². The van der Waals surface area contributed by atoms with Crippen molar-refractivity contribution >= 4 is 16.6 Å². The Morgan fingerprint density at radius 3 is 2.41 bits per heavy atom. The van der Waals surface area contributed by atoms with E-state index in [0.29, 0.717) is 24.6 Å². The molecule has 29 heavy (non-hydrogen) atoms. The highest BCUT2D eigenvalue weighted by molar-refractivity contribution is 5.90. The van der Waals surface area contributed by atoms with Gasteiger partial charge in [0.1, 0.15) is 6.61 Å². The first kappa shape index (κ1) is 22.9. The SMILES string of the molecule is C=CCOc1c(OCCCCCC)c2ccc(N)cc2n(CCCCCC)c1=O. The number of unbranched alkanes of at least 4 members (excludes halogenated alkanes) is 6. The Morgan fingerprint density at radius 1 is 1.00 bits per heavy atom. The molecule has 0 aliphatic carbocycles. The molecule has 0 amide bonds. The number of ether oxygens (including phenoxy) is 2. The van der Waals surface area contributed by atoms with Crippen molar-refractivity contribution in [2.75, 3.05) is 18.9 Å². The molecular formula is C24H36N2O3. The number of rotatable bonds is 14. The first-order chi connectivity index (χ1) is 14.1. The van der Waals surface area contributed by atoms with Gasteiger partial charge in [-0.1, -0.05) is 65.0 Å². The van der Waals surface area contributed by atoms with Crippen molar-refractivity contribution in [3.8, 4) is 11.5 Å². The fraction of sp³-hybridized carbons (Fsp3) is 0.542. The van der Waals surface area contributed by atoms with Crippen molar-refractivity contribution in [2.45, 2.75) is 71.8 Å². The zero-order chi connectivity index (χ0) is 21.1. The quantitative estimate of drug-likeness (QED) is 0.251. The molecule has 0 radical (unpaired) electrons. The number of nitrogens with zero attached hydrogens (tertiary/aromatic N) is 1. The molecule has 0 atom stereocenters. The van der Waals surface area contributed by atoms with Crippen LogP contribution in [-0.4, -0.2) is 17.8 Å². The van der Waals surface area contributed by atoms with E-state index >= 15 is 0 Å². The predicted molar refractivity (Wildman–Crippen MR) is 122 cm³/mol. The number of anilines is 1. The van der Waals surface area contributed by atoms with Crippen LogP contribution in [-0.2, 0) is 6.54 Å². The van der Waals surface area contributed by atoms with E-state index in [9.17, 15) is 4.79 Å². The third-order valence-electron chi connectivity index (χ3n) is 5.03. The molecule has 0 saturated carbocycles. The first-order valence-corrected chi connectivity index (χ1v) is 11.0. The van der Waals surface area contributed by atoms with Gasteiger partial charge in [-0.15, -0.1) is 0 Å². The molecule has 2 N–H and O–H groups in total. The maximum atomic E-state index is 13.3. The summed E-state index contributed by atoms with van der Waals surface area (Å²) in [5.74, 6) is 0.793. The van der Waals surface area contributed by atoms with Gasteiger partial charge in [0.25, 0.3) is 5.56 Å². The number of pyridine rings is 1. The number of aryl methyl sites for hydroxylation is 1. The summed E-state index contributed by atoms with van der Waals surface area (Å²) in [5.41, 5.74) is 7.32. The molecule has 0 bridgehead atoms. The van der Waals surface area contributed by atoms with Crippen LogP contribution in [0.1, 0.15) is 65.2 Å². The molecule has 0 saturated heterocycles. The summed E-state index contributed by atoms with van der Waals surface area (Å²) in [6.45, 7) is 9.52. The highest BCUT2D eigenvalue weighted by atomic mass is 16.5. The molecule has 1 aromatic carbocycles. The van der Waals surface area contributed by atoms with Crippen molar-refractivity contribution in [3.63, 3.8) is 0 Å². The Labute approximate surface area is 174 Å². The number of hydrogen-bond acceptors (Lipinski definition) is 4. The Kier molecular flexibility index (Phi) is 9.62. The van der Waals surface area contributed by atoms with Crippen molar-refractivity contribution in [2.24, 2.45) is 0 Å². The van der Waals surface area contributed by atoms with Crippen molar-refractivity contribution in [1.82, 2.24) is 4.57 Å². The van der Waals surface area contributed by atoms with E-state index in [0.717, 1.165) is 49.4 Å². The third kappa shape index (κ3) is 6.28. The summed E-state index contributed by atoms with van der Waals surface area (Å²) >= 11 is 0. The summed E-state index contributed by atoms with van der Waals surface area (Å²) in [5, 5.41) is 0.865. The van der Waals surface area contributed by atoms with Crippen molar-refractivity contribution < 1.29 is 9.47 Å². The minimum atomic E-state index is -0.162. The largest absolute Gasteiger partial charge is 0.489 e. The van der Waals surface area contributed by atoms with E-state index in [1.807, 2.05) is 18.2 Å². The molecule has 5 heteroatoms. The molecule has 0 spiro atoms. The predicted octanol–water partition coefficient (Wildman–Crippen LogP) is 5.69. The minimum Gasteiger partial charge on any atom is -0.489 e. The van der Waals surface area contributed by atoms with Crippen LogP contribution in [0.5, 0.6) is 11.5 Å². The Balaban J connectivity index is 2.45. The van der Waals surface area contributed by atoms with E-state index in [1.165, 1.54) is 12.8 Å². The lowest BCUT2D eigenvalue weighted by molar-refractivity contribution is 0.276. The first-order valence-electron chi connectivity index (χ1n) is 11.0. The second-order valence-corrected chi connectivity index (χ2v) is 7.46. The Morgan fingerprint density at radius 2 is 1.72 bits per heavy atom. The number of nitrogens with two attached hydrogens (primary N) is 1. The van der Waals surface area contributed by atoms with Crippen molar-refractivity contribution in [1.29, 1.82) is 0 Å². The lowest BCUT2D eigenvalue weighted by Crippen LogP contribution is -2.24. The number of hydrogen-bond donors (Lipinski definition) is 1. The van der Waals surface area contributed by atoms with Gasteiger partial charge in [0.05, 0.1) is 12.1 Å². The van der Waals surface area contributed by atoms with Crippen LogP contribution in [0.15, 0.2) is 35.6 Å². The van der Waals surface area contributed by atoms with Gasteiger partial charge in [-0.25, -0.2) is 0 Å². The minimum absolute atomic E-state index is 0.162. The number of nitrogen functional groups attached to an aromatic ring is 1. The number of fused-ring (bicyclic) bond motifs is 1. The second kappa shape index (κ2) is 12.2. The van der Waals surface area contributed by atoms with Gasteiger partial charge >= 0.3 is 0 Å². The van der Waals surface area contributed by atoms with Crippen LogP contribution in [0.3, 0.4) is 0 Å². The van der Waals surface area contributed by atoms with E-state index in [-0.39, 0.29) is 17.9 Å². The molecule has 0 aliphatic rings. The average Bonchev–Trinajstić information content (AvgIpc) is 2.72. The maximum absolute atomic E-state index is 13.3. The van der Waals surface area contributed by atoms with Crippen LogP contribution >= 0.6 is 0 Å². The molecular weight excluding hydrogens is 364 g/mol. The molecule has 2 aromatic rings. The highest BCUT2D eigenvalue weighted by Crippen LogP contribution is 2.34. The molecule has 1 heterocycles. The molecule has 0 fully saturated rings. The maximum Gasteiger partial charge on any atom is 0.297 e. The Bertz CT molecular complexity index is 842. The average molecular weight is 401 g/mol. The van der Waals surface area contributed by atoms with Crippen LogP contribution in [0.2, 0.25) is 0 Å². The van der Waals surface area contributed by atoms with Gasteiger partial charge in [-0.3, -0.25) is 4.79 Å². The lowest BCUT2D eigenvalue weighted by atomic mass is 10.1. The van der Waals surface area contributed by atoms with Gasteiger partial charge in [-0.05, 0) is 31.0 Å². The zero-order valence-corrected chi connectivity index (χ0v) is 18.0.